The van der Waals surface area contributed by atoms with E-state index in [0.717, 1.165) is 0 Å². The van der Waals surface area contributed by atoms with Crippen molar-refractivity contribution in [2.24, 2.45) is 0 Å². The lowest BCUT2D eigenvalue weighted by molar-refractivity contribution is 0.0781. The van der Waals surface area contributed by atoms with Crippen LogP contribution in [0.2, 0.25) is 0 Å². The van der Waals surface area contributed by atoms with Gasteiger partial charge < -0.3 is 9.80 Å². The van der Waals surface area contributed by atoms with Crippen LogP contribution in [0, 0.1) is 0 Å². The van der Waals surface area contributed by atoms with Crippen molar-refractivity contribution < 1.29 is 9.59 Å². The molecule has 86 valence electrons. The summed E-state index contributed by atoms with van der Waals surface area (Å²) in [5.41, 5.74) is 0.150. The number of hydrogen-bond donors (Lipinski definition) is 0. The van der Waals surface area contributed by atoms with E-state index < -0.39 is 0 Å². The molecule has 0 aromatic carbocycles. The van der Waals surface area contributed by atoms with Crippen molar-refractivity contribution in [1.82, 2.24) is 19.8 Å². The Kier molecular flexibility index (Phi) is 3.55. The molecule has 0 aliphatic heterocycles. The number of rotatable bonds is 2. The van der Waals surface area contributed by atoms with Gasteiger partial charge in [-0.3, -0.25) is 9.59 Å². The van der Waals surface area contributed by atoms with E-state index in [1.54, 1.807) is 28.2 Å². The molecule has 6 heteroatoms. The SMILES string of the molecule is CN(C)C(=O)c1nccnc1C(=O)N(C)C. The van der Waals surface area contributed by atoms with E-state index in [4.69, 9.17) is 0 Å². The van der Waals surface area contributed by atoms with Crippen LogP contribution in [0.3, 0.4) is 0 Å². The zero-order valence-corrected chi connectivity index (χ0v) is 9.76. The molecule has 1 heterocycles. The highest BCUT2D eigenvalue weighted by molar-refractivity contribution is 6.04. The standard InChI is InChI=1S/C10H14N4O2/c1-13(2)9(15)7-8(10(16)14(3)4)12-6-5-11-7/h5-6H,1-4H3. The van der Waals surface area contributed by atoms with E-state index in [1.165, 1.54) is 22.2 Å². The predicted octanol–water partition coefficient (Wildman–Crippen LogP) is -0.120. The number of carbonyl (C=O) groups is 2. The first-order valence-corrected chi connectivity index (χ1v) is 4.69. The van der Waals surface area contributed by atoms with Crippen LogP contribution in [-0.2, 0) is 0 Å². The first-order valence-electron chi connectivity index (χ1n) is 4.69. The van der Waals surface area contributed by atoms with E-state index in [9.17, 15) is 9.59 Å². The van der Waals surface area contributed by atoms with Gasteiger partial charge in [-0.15, -0.1) is 0 Å². The topological polar surface area (TPSA) is 66.4 Å². The molecule has 1 aromatic heterocycles. The number of amides is 2. The Morgan fingerprint density at radius 2 is 1.19 bits per heavy atom. The van der Waals surface area contributed by atoms with Crippen molar-refractivity contribution in [2.75, 3.05) is 28.2 Å². The molecule has 0 aliphatic rings. The fourth-order valence-electron chi connectivity index (χ4n) is 1.07. The molecule has 0 saturated heterocycles. The Hall–Kier alpha value is -1.98. The summed E-state index contributed by atoms with van der Waals surface area (Å²) in [5.74, 6) is -0.670. The molecular formula is C10H14N4O2. The number of carbonyl (C=O) groups excluding carboxylic acids is 2. The Morgan fingerprint density at radius 3 is 1.44 bits per heavy atom. The summed E-state index contributed by atoms with van der Waals surface area (Å²) in [7, 11) is 6.39. The van der Waals surface area contributed by atoms with E-state index in [2.05, 4.69) is 9.97 Å². The molecule has 0 saturated carbocycles. The minimum atomic E-state index is -0.335. The summed E-state index contributed by atoms with van der Waals surface area (Å²) in [6.45, 7) is 0. The smallest absolute Gasteiger partial charge is 0.274 e. The largest absolute Gasteiger partial charge is 0.343 e. The molecule has 0 fully saturated rings. The number of hydrogen-bond acceptors (Lipinski definition) is 4. The van der Waals surface area contributed by atoms with E-state index in [1.807, 2.05) is 0 Å². The van der Waals surface area contributed by atoms with Gasteiger partial charge in [-0.25, -0.2) is 9.97 Å². The minimum Gasteiger partial charge on any atom is -0.343 e. The van der Waals surface area contributed by atoms with Crippen molar-refractivity contribution in [3.63, 3.8) is 0 Å². The van der Waals surface area contributed by atoms with Crippen LogP contribution in [0.4, 0.5) is 0 Å². The molecule has 16 heavy (non-hydrogen) atoms. The molecular weight excluding hydrogens is 208 g/mol. The zero-order valence-electron chi connectivity index (χ0n) is 9.76. The van der Waals surface area contributed by atoms with Gasteiger partial charge in [-0.05, 0) is 0 Å². The molecule has 6 nitrogen and oxygen atoms in total. The molecule has 0 N–H and O–H groups in total. The molecule has 0 bridgehead atoms. The van der Waals surface area contributed by atoms with Gasteiger partial charge in [0.2, 0.25) is 0 Å². The predicted molar refractivity (Wildman–Crippen MR) is 58.1 cm³/mol. The maximum Gasteiger partial charge on any atom is 0.274 e. The molecule has 0 spiro atoms. The highest BCUT2D eigenvalue weighted by Gasteiger charge is 2.22. The zero-order chi connectivity index (χ0) is 12.3. The highest BCUT2D eigenvalue weighted by Crippen LogP contribution is 2.06. The molecule has 0 radical (unpaired) electrons. The minimum absolute atomic E-state index is 0.0752. The summed E-state index contributed by atoms with van der Waals surface area (Å²) < 4.78 is 0. The molecule has 0 unspecified atom stereocenters. The maximum absolute atomic E-state index is 11.7. The molecule has 1 aromatic rings. The first-order chi connectivity index (χ1) is 7.45. The van der Waals surface area contributed by atoms with Gasteiger partial charge in [-0.2, -0.15) is 0 Å². The van der Waals surface area contributed by atoms with Crippen LogP contribution < -0.4 is 0 Å². The van der Waals surface area contributed by atoms with Crippen molar-refractivity contribution >= 4 is 11.8 Å². The lowest BCUT2D eigenvalue weighted by Gasteiger charge is -2.14. The third-order valence-electron chi connectivity index (χ3n) is 1.92. The van der Waals surface area contributed by atoms with Gasteiger partial charge >= 0.3 is 0 Å². The molecule has 0 atom stereocenters. The van der Waals surface area contributed by atoms with Crippen molar-refractivity contribution in [3.05, 3.63) is 23.8 Å². The third-order valence-corrected chi connectivity index (χ3v) is 1.92. The number of aromatic nitrogens is 2. The van der Waals surface area contributed by atoms with E-state index >= 15 is 0 Å². The summed E-state index contributed by atoms with van der Waals surface area (Å²) >= 11 is 0. The maximum atomic E-state index is 11.7. The first kappa shape index (κ1) is 12.1. The molecule has 2 amide bonds. The van der Waals surface area contributed by atoms with Crippen molar-refractivity contribution in [3.8, 4) is 0 Å². The summed E-state index contributed by atoms with van der Waals surface area (Å²) in [5, 5.41) is 0. The van der Waals surface area contributed by atoms with Crippen molar-refractivity contribution in [1.29, 1.82) is 0 Å². The lowest BCUT2D eigenvalue weighted by atomic mass is 10.2. The van der Waals surface area contributed by atoms with Crippen LogP contribution in [0.1, 0.15) is 21.0 Å². The normalized spacial score (nSPS) is 9.75. The Balaban J connectivity index is 3.20. The van der Waals surface area contributed by atoms with Gasteiger partial charge in [0, 0.05) is 40.6 Å². The average Bonchev–Trinajstić information content (AvgIpc) is 2.26. The second-order valence-corrected chi connectivity index (χ2v) is 3.65. The quantitative estimate of drug-likeness (QED) is 0.699. The average molecular weight is 222 g/mol. The van der Waals surface area contributed by atoms with Gasteiger partial charge in [0.05, 0.1) is 0 Å². The fourth-order valence-corrected chi connectivity index (χ4v) is 1.07. The monoisotopic (exact) mass is 222 g/mol. The molecule has 0 aliphatic carbocycles. The summed E-state index contributed by atoms with van der Waals surface area (Å²) in [4.78, 5) is 34.0. The van der Waals surface area contributed by atoms with Crippen LogP contribution in [0.15, 0.2) is 12.4 Å². The second kappa shape index (κ2) is 4.69. The second-order valence-electron chi connectivity index (χ2n) is 3.65. The van der Waals surface area contributed by atoms with Crippen LogP contribution in [0.25, 0.3) is 0 Å². The highest BCUT2D eigenvalue weighted by atomic mass is 16.2. The third kappa shape index (κ3) is 2.33. The van der Waals surface area contributed by atoms with Crippen LogP contribution in [0.5, 0.6) is 0 Å². The Morgan fingerprint density at radius 1 is 0.875 bits per heavy atom. The van der Waals surface area contributed by atoms with E-state index in [0.29, 0.717) is 0 Å². The Labute approximate surface area is 93.9 Å². The van der Waals surface area contributed by atoms with Gasteiger partial charge in [0.15, 0.2) is 11.4 Å². The fraction of sp³-hybridized carbons (Fsp3) is 0.400. The van der Waals surface area contributed by atoms with Crippen LogP contribution >= 0.6 is 0 Å². The van der Waals surface area contributed by atoms with Crippen LogP contribution in [-0.4, -0.2) is 59.8 Å². The summed E-state index contributed by atoms with van der Waals surface area (Å²) in [6.07, 6.45) is 2.78. The Bertz CT molecular complexity index is 376. The van der Waals surface area contributed by atoms with Gasteiger partial charge in [0.1, 0.15) is 0 Å². The number of nitrogens with zero attached hydrogens (tertiary/aromatic N) is 4. The van der Waals surface area contributed by atoms with Gasteiger partial charge in [-0.1, -0.05) is 0 Å². The van der Waals surface area contributed by atoms with E-state index in [-0.39, 0.29) is 23.2 Å². The van der Waals surface area contributed by atoms with Crippen molar-refractivity contribution in [2.45, 2.75) is 0 Å². The van der Waals surface area contributed by atoms with Gasteiger partial charge in [0.25, 0.3) is 11.8 Å². The lowest BCUT2D eigenvalue weighted by Crippen LogP contribution is -2.30. The molecule has 1 rings (SSSR count). The summed E-state index contributed by atoms with van der Waals surface area (Å²) in [6, 6.07) is 0.